The Kier molecular flexibility index (Phi) is 7.57. The molecule has 1 heterocycles. The van der Waals surface area contributed by atoms with Gasteiger partial charge in [0.25, 0.3) is 0 Å². The van der Waals surface area contributed by atoms with Crippen molar-refractivity contribution in [2.45, 2.75) is 51.5 Å². The van der Waals surface area contributed by atoms with Gasteiger partial charge in [-0.3, -0.25) is 9.79 Å². The van der Waals surface area contributed by atoms with Crippen LogP contribution in [0.5, 0.6) is 5.75 Å². The molecule has 1 amide bonds. The third kappa shape index (κ3) is 5.63. The van der Waals surface area contributed by atoms with Gasteiger partial charge < -0.3 is 20.3 Å². The van der Waals surface area contributed by atoms with Crippen LogP contribution in [0.1, 0.15) is 44.6 Å². The van der Waals surface area contributed by atoms with Crippen molar-refractivity contribution in [3.05, 3.63) is 29.8 Å². The van der Waals surface area contributed by atoms with Crippen molar-refractivity contribution >= 4 is 11.9 Å². The molecule has 2 fully saturated rings. The number of guanidine groups is 1. The van der Waals surface area contributed by atoms with Gasteiger partial charge in [-0.25, -0.2) is 0 Å². The van der Waals surface area contributed by atoms with Gasteiger partial charge in [-0.05, 0) is 50.3 Å². The number of benzene rings is 1. The Bertz CT molecular complexity index is 670. The van der Waals surface area contributed by atoms with E-state index in [-0.39, 0.29) is 12.0 Å². The predicted molar refractivity (Wildman–Crippen MR) is 113 cm³/mol. The average molecular weight is 387 g/mol. The topological polar surface area (TPSA) is 66.0 Å². The van der Waals surface area contributed by atoms with Crippen LogP contribution in [0.25, 0.3) is 0 Å². The van der Waals surface area contributed by atoms with Gasteiger partial charge in [0.2, 0.25) is 5.91 Å². The van der Waals surface area contributed by atoms with E-state index >= 15 is 0 Å². The Morgan fingerprint density at radius 3 is 2.86 bits per heavy atom. The van der Waals surface area contributed by atoms with Crippen LogP contribution in [0.4, 0.5) is 0 Å². The van der Waals surface area contributed by atoms with Crippen molar-refractivity contribution < 1.29 is 9.53 Å². The molecule has 0 bridgehead atoms. The van der Waals surface area contributed by atoms with Gasteiger partial charge in [0, 0.05) is 38.1 Å². The van der Waals surface area contributed by atoms with E-state index in [0.29, 0.717) is 12.5 Å². The lowest BCUT2D eigenvalue weighted by Crippen LogP contribution is -2.45. The SMILES string of the molecule is CCNC(=NCCc1cccc(OC)c1)NC1CCN(C(=O)C2CCCC2)C1. The third-order valence-corrected chi connectivity index (χ3v) is 5.69. The second kappa shape index (κ2) is 10.3. The highest BCUT2D eigenvalue weighted by Gasteiger charge is 2.32. The second-order valence-corrected chi connectivity index (χ2v) is 7.76. The summed E-state index contributed by atoms with van der Waals surface area (Å²) in [6.07, 6.45) is 6.40. The first-order chi connectivity index (χ1) is 13.7. The van der Waals surface area contributed by atoms with Crippen molar-refractivity contribution in [1.82, 2.24) is 15.5 Å². The lowest BCUT2D eigenvalue weighted by Gasteiger charge is -2.21. The summed E-state index contributed by atoms with van der Waals surface area (Å²) in [5.41, 5.74) is 1.22. The van der Waals surface area contributed by atoms with Crippen molar-refractivity contribution in [1.29, 1.82) is 0 Å². The largest absolute Gasteiger partial charge is 0.497 e. The van der Waals surface area contributed by atoms with Crippen LogP contribution < -0.4 is 15.4 Å². The molecular formula is C22H34N4O2. The molecule has 6 nitrogen and oxygen atoms in total. The number of hydrogen-bond acceptors (Lipinski definition) is 3. The summed E-state index contributed by atoms with van der Waals surface area (Å²) in [6.45, 7) is 5.25. The molecule has 1 unspecified atom stereocenters. The number of likely N-dealkylation sites (tertiary alicyclic amines) is 1. The monoisotopic (exact) mass is 386 g/mol. The van der Waals surface area contributed by atoms with E-state index in [9.17, 15) is 4.79 Å². The van der Waals surface area contributed by atoms with Crippen molar-refractivity contribution in [2.24, 2.45) is 10.9 Å². The van der Waals surface area contributed by atoms with Crippen LogP contribution in [0.15, 0.2) is 29.3 Å². The highest BCUT2D eigenvalue weighted by atomic mass is 16.5. The average Bonchev–Trinajstić information content (AvgIpc) is 3.40. The van der Waals surface area contributed by atoms with Gasteiger partial charge in [-0.1, -0.05) is 25.0 Å². The zero-order chi connectivity index (χ0) is 19.8. The van der Waals surface area contributed by atoms with Crippen molar-refractivity contribution in [3.8, 4) is 5.75 Å². The van der Waals surface area contributed by atoms with Crippen molar-refractivity contribution in [2.75, 3.05) is 33.3 Å². The first-order valence-corrected chi connectivity index (χ1v) is 10.7. The molecule has 1 aliphatic carbocycles. The van der Waals surface area contributed by atoms with Gasteiger partial charge in [-0.15, -0.1) is 0 Å². The number of ether oxygens (including phenoxy) is 1. The number of rotatable bonds is 7. The molecule has 0 radical (unpaired) electrons. The fourth-order valence-electron chi connectivity index (χ4n) is 4.15. The van der Waals surface area contributed by atoms with Crippen LogP contribution in [-0.2, 0) is 11.2 Å². The highest BCUT2D eigenvalue weighted by molar-refractivity contribution is 5.81. The molecule has 1 saturated carbocycles. The van der Waals surface area contributed by atoms with Crippen LogP contribution in [0, 0.1) is 5.92 Å². The summed E-state index contributed by atoms with van der Waals surface area (Å²) < 4.78 is 5.28. The minimum absolute atomic E-state index is 0.267. The van der Waals surface area contributed by atoms with Gasteiger partial charge in [0.15, 0.2) is 5.96 Å². The third-order valence-electron chi connectivity index (χ3n) is 5.69. The molecular weight excluding hydrogens is 352 g/mol. The van der Waals surface area contributed by atoms with Crippen LogP contribution in [0.3, 0.4) is 0 Å². The maximum Gasteiger partial charge on any atom is 0.225 e. The molecule has 154 valence electrons. The predicted octanol–water partition coefficient (Wildman–Crippen LogP) is 2.58. The molecule has 1 aromatic carbocycles. The standard InChI is InChI=1S/C22H34N4O2/c1-3-23-22(24-13-11-17-7-6-10-20(15-17)28-2)25-19-12-14-26(16-19)21(27)18-8-4-5-9-18/h6-7,10,15,18-19H,3-5,8-9,11-14,16H2,1-2H3,(H2,23,24,25). The maximum atomic E-state index is 12.6. The number of hydrogen-bond donors (Lipinski definition) is 2. The number of carbonyl (C=O) groups is 1. The Morgan fingerprint density at radius 2 is 2.11 bits per heavy atom. The molecule has 2 aliphatic rings. The molecule has 3 rings (SSSR count). The minimum Gasteiger partial charge on any atom is -0.497 e. The summed E-state index contributed by atoms with van der Waals surface area (Å²) in [5, 5.41) is 6.85. The number of methoxy groups -OCH3 is 1. The molecule has 1 saturated heterocycles. The quantitative estimate of drug-likeness (QED) is 0.558. The molecule has 6 heteroatoms. The lowest BCUT2D eigenvalue weighted by molar-refractivity contribution is -0.134. The Morgan fingerprint density at radius 1 is 1.29 bits per heavy atom. The number of aliphatic imine (C=N–C) groups is 1. The van der Waals surface area contributed by atoms with Crippen LogP contribution in [-0.4, -0.2) is 56.1 Å². The molecule has 0 spiro atoms. The maximum absolute atomic E-state index is 12.6. The molecule has 0 aromatic heterocycles. The van der Waals surface area contributed by atoms with Gasteiger partial charge >= 0.3 is 0 Å². The molecule has 1 aliphatic heterocycles. The van der Waals surface area contributed by atoms with E-state index in [1.165, 1.54) is 18.4 Å². The van der Waals surface area contributed by atoms with Gasteiger partial charge in [0.1, 0.15) is 5.75 Å². The Hall–Kier alpha value is -2.24. The van der Waals surface area contributed by atoms with Crippen molar-refractivity contribution in [3.63, 3.8) is 0 Å². The summed E-state index contributed by atoms with van der Waals surface area (Å²) in [4.78, 5) is 19.4. The first-order valence-electron chi connectivity index (χ1n) is 10.7. The van der Waals surface area contributed by atoms with E-state index in [1.54, 1.807) is 7.11 Å². The fourth-order valence-corrected chi connectivity index (χ4v) is 4.15. The summed E-state index contributed by atoms with van der Waals surface area (Å²) in [7, 11) is 1.69. The zero-order valence-corrected chi connectivity index (χ0v) is 17.2. The summed E-state index contributed by atoms with van der Waals surface area (Å²) in [6, 6.07) is 8.40. The number of amides is 1. The van der Waals surface area contributed by atoms with Gasteiger partial charge in [-0.2, -0.15) is 0 Å². The van der Waals surface area contributed by atoms with Gasteiger partial charge in [0.05, 0.1) is 7.11 Å². The normalized spacial score (nSPS) is 20.4. The lowest BCUT2D eigenvalue weighted by atomic mass is 10.1. The number of carbonyl (C=O) groups excluding carboxylic acids is 1. The smallest absolute Gasteiger partial charge is 0.225 e. The molecule has 1 aromatic rings. The first kappa shape index (κ1) is 20.5. The Balaban J connectivity index is 1.49. The van der Waals surface area contributed by atoms with E-state index in [2.05, 4.69) is 29.7 Å². The van der Waals surface area contributed by atoms with Crippen LogP contribution in [0.2, 0.25) is 0 Å². The van der Waals surface area contributed by atoms with E-state index in [1.807, 2.05) is 17.0 Å². The fraction of sp³-hybridized carbons (Fsp3) is 0.636. The Labute approximate surface area is 168 Å². The zero-order valence-electron chi connectivity index (χ0n) is 17.2. The highest BCUT2D eigenvalue weighted by Crippen LogP contribution is 2.27. The molecule has 2 N–H and O–H groups in total. The summed E-state index contributed by atoms with van der Waals surface area (Å²) >= 11 is 0. The molecule has 1 atom stereocenters. The van der Waals surface area contributed by atoms with E-state index in [4.69, 9.17) is 9.73 Å². The number of nitrogens with one attached hydrogen (secondary N) is 2. The van der Waals surface area contributed by atoms with E-state index in [0.717, 1.165) is 57.0 Å². The molecule has 28 heavy (non-hydrogen) atoms. The van der Waals surface area contributed by atoms with E-state index < -0.39 is 0 Å². The van der Waals surface area contributed by atoms with Crippen LogP contribution >= 0.6 is 0 Å². The summed E-state index contributed by atoms with van der Waals surface area (Å²) in [5.74, 6) is 2.35. The second-order valence-electron chi connectivity index (χ2n) is 7.76. The number of nitrogens with zero attached hydrogens (tertiary/aromatic N) is 2. The minimum atomic E-state index is 0.267.